The maximum Gasteiger partial charge on any atom is 0.411 e. The van der Waals surface area contributed by atoms with E-state index in [1.807, 2.05) is 63.2 Å². The lowest BCUT2D eigenvalue weighted by Gasteiger charge is -2.33. The van der Waals surface area contributed by atoms with Crippen LogP contribution in [-0.2, 0) is 26.4 Å². The number of likely N-dealkylation sites (N-methyl/N-ethyl adjacent to an activating group) is 1. The second-order valence-electron chi connectivity index (χ2n) is 8.48. The summed E-state index contributed by atoms with van der Waals surface area (Å²) >= 11 is 0. The quantitative estimate of drug-likeness (QED) is 0.702. The summed E-state index contributed by atoms with van der Waals surface area (Å²) in [6.45, 7) is 6.34. The Bertz CT molecular complexity index is 925. The van der Waals surface area contributed by atoms with Gasteiger partial charge in [0.25, 0.3) is 5.91 Å². The van der Waals surface area contributed by atoms with Crippen LogP contribution in [0.1, 0.15) is 43.7 Å². The Labute approximate surface area is 182 Å². The molecule has 31 heavy (non-hydrogen) atoms. The number of aromatic nitrogens is 2. The lowest BCUT2D eigenvalue weighted by molar-refractivity contribution is -0.124. The molecule has 3 rings (SSSR count). The monoisotopic (exact) mass is 429 g/mol. The van der Waals surface area contributed by atoms with E-state index in [4.69, 9.17) is 9.47 Å². The number of benzene rings is 1. The Kier molecular flexibility index (Phi) is 6.66. The number of rotatable bonds is 7. The summed E-state index contributed by atoms with van der Waals surface area (Å²) in [5.74, 6) is 0.103. The zero-order valence-electron chi connectivity index (χ0n) is 18.9. The SMILES string of the molecule is CO[C@@H](C)C(=O)Nc1n[nH]c2c1CN(C(=O)O[C@H](CN(C)C)c1ccccc1)C2(C)C. The number of amides is 2. The lowest BCUT2D eigenvalue weighted by Crippen LogP contribution is -2.42. The van der Waals surface area contributed by atoms with Crippen LogP contribution in [0.4, 0.5) is 10.6 Å². The van der Waals surface area contributed by atoms with Crippen molar-refractivity contribution in [2.24, 2.45) is 0 Å². The molecule has 2 aromatic rings. The minimum atomic E-state index is -0.672. The van der Waals surface area contributed by atoms with E-state index in [0.717, 1.165) is 16.8 Å². The highest BCUT2D eigenvalue weighted by Crippen LogP contribution is 2.41. The average molecular weight is 430 g/mol. The third-order valence-corrected chi connectivity index (χ3v) is 5.60. The van der Waals surface area contributed by atoms with Gasteiger partial charge in [-0.25, -0.2) is 4.79 Å². The van der Waals surface area contributed by atoms with E-state index in [9.17, 15) is 9.59 Å². The number of ether oxygens (including phenoxy) is 2. The Morgan fingerprint density at radius 3 is 2.58 bits per heavy atom. The number of carbonyl (C=O) groups excluding carboxylic acids is 2. The van der Waals surface area contributed by atoms with E-state index in [1.54, 1.807) is 11.8 Å². The van der Waals surface area contributed by atoms with E-state index in [2.05, 4.69) is 15.5 Å². The average Bonchev–Trinajstić information content (AvgIpc) is 3.25. The number of anilines is 1. The van der Waals surface area contributed by atoms with Crippen molar-refractivity contribution in [3.63, 3.8) is 0 Å². The van der Waals surface area contributed by atoms with Crippen molar-refractivity contribution < 1.29 is 19.1 Å². The van der Waals surface area contributed by atoms with Gasteiger partial charge in [-0.1, -0.05) is 30.3 Å². The Morgan fingerprint density at radius 1 is 1.29 bits per heavy atom. The molecule has 9 heteroatoms. The number of aromatic amines is 1. The minimum Gasteiger partial charge on any atom is -0.440 e. The van der Waals surface area contributed by atoms with Crippen molar-refractivity contribution in [2.75, 3.05) is 33.1 Å². The first-order valence-electron chi connectivity index (χ1n) is 10.2. The molecule has 2 atom stereocenters. The summed E-state index contributed by atoms with van der Waals surface area (Å²) in [7, 11) is 5.35. The van der Waals surface area contributed by atoms with Crippen LogP contribution >= 0.6 is 0 Å². The van der Waals surface area contributed by atoms with Gasteiger partial charge in [0, 0.05) is 19.2 Å². The molecule has 2 N–H and O–H groups in total. The van der Waals surface area contributed by atoms with Crippen molar-refractivity contribution in [1.82, 2.24) is 20.0 Å². The molecule has 0 unspecified atom stereocenters. The Morgan fingerprint density at radius 2 is 1.97 bits per heavy atom. The van der Waals surface area contributed by atoms with Gasteiger partial charge in [-0.05, 0) is 40.4 Å². The fraction of sp³-hybridized carbons (Fsp3) is 0.500. The van der Waals surface area contributed by atoms with Gasteiger partial charge in [-0.3, -0.25) is 14.8 Å². The number of carbonyl (C=O) groups is 2. The molecule has 0 spiro atoms. The van der Waals surface area contributed by atoms with E-state index in [1.165, 1.54) is 7.11 Å². The molecular formula is C22H31N5O4. The fourth-order valence-corrected chi connectivity index (χ4v) is 3.63. The molecule has 9 nitrogen and oxygen atoms in total. The van der Waals surface area contributed by atoms with Gasteiger partial charge in [-0.15, -0.1) is 0 Å². The van der Waals surface area contributed by atoms with Crippen LogP contribution < -0.4 is 5.32 Å². The van der Waals surface area contributed by atoms with Crippen LogP contribution in [0.3, 0.4) is 0 Å². The zero-order chi connectivity index (χ0) is 22.8. The smallest absolute Gasteiger partial charge is 0.411 e. The summed E-state index contributed by atoms with van der Waals surface area (Å²) in [6.07, 6.45) is -1.44. The van der Waals surface area contributed by atoms with E-state index in [-0.39, 0.29) is 12.5 Å². The number of fused-ring (bicyclic) bond motifs is 1. The number of hydrogen-bond acceptors (Lipinski definition) is 6. The summed E-state index contributed by atoms with van der Waals surface area (Å²) in [4.78, 5) is 29.1. The number of nitrogens with one attached hydrogen (secondary N) is 2. The maximum atomic E-state index is 13.2. The minimum absolute atomic E-state index is 0.276. The van der Waals surface area contributed by atoms with Crippen LogP contribution in [0.25, 0.3) is 0 Å². The van der Waals surface area contributed by atoms with Gasteiger partial charge in [0.2, 0.25) is 0 Å². The molecule has 1 aliphatic rings. The van der Waals surface area contributed by atoms with E-state index >= 15 is 0 Å². The summed E-state index contributed by atoms with van der Waals surface area (Å²) in [6, 6.07) is 9.69. The summed E-state index contributed by atoms with van der Waals surface area (Å²) in [5, 5.41) is 9.98. The van der Waals surface area contributed by atoms with Gasteiger partial charge in [-0.2, -0.15) is 5.10 Å². The molecule has 1 aromatic heterocycles. The van der Waals surface area contributed by atoms with E-state index < -0.39 is 23.8 Å². The van der Waals surface area contributed by atoms with Crippen molar-refractivity contribution >= 4 is 17.8 Å². The van der Waals surface area contributed by atoms with Gasteiger partial charge < -0.3 is 19.7 Å². The Balaban J connectivity index is 1.79. The molecule has 0 bridgehead atoms. The standard InChI is InChI=1S/C22H31N5O4/c1-14(30-6)20(28)23-19-16-12-27(22(2,3)18(16)24-25-19)21(29)31-17(13-26(4)5)15-10-8-7-9-11-15/h7-11,14,17H,12-13H2,1-6H3,(H2,23,24,25,28)/t14-,17+/m0/s1. The molecule has 0 saturated heterocycles. The molecule has 168 valence electrons. The number of hydrogen-bond donors (Lipinski definition) is 2. The number of H-pyrrole nitrogens is 1. The molecule has 0 fully saturated rings. The molecule has 0 saturated carbocycles. The second-order valence-corrected chi connectivity index (χ2v) is 8.48. The predicted octanol–water partition coefficient (Wildman–Crippen LogP) is 2.87. The number of methoxy groups -OCH3 is 1. The topological polar surface area (TPSA) is 99.8 Å². The molecule has 0 aliphatic carbocycles. The van der Waals surface area contributed by atoms with Gasteiger partial charge in [0.1, 0.15) is 12.2 Å². The summed E-state index contributed by atoms with van der Waals surface area (Å²) < 4.78 is 11.0. The highest BCUT2D eigenvalue weighted by Gasteiger charge is 2.45. The van der Waals surface area contributed by atoms with Crippen molar-refractivity contribution in [1.29, 1.82) is 0 Å². The fourth-order valence-electron chi connectivity index (χ4n) is 3.63. The van der Waals surface area contributed by atoms with E-state index in [0.29, 0.717) is 12.4 Å². The third kappa shape index (κ3) is 4.72. The molecule has 0 radical (unpaired) electrons. The van der Waals surface area contributed by atoms with Gasteiger partial charge >= 0.3 is 6.09 Å². The lowest BCUT2D eigenvalue weighted by atomic mass is 10.0. The molecule has 1 aromatic carbocycles. The highest BCUT2D eigenvalue weighted by molar-refractivity contribution is 5.94. The first kappa shape index (κ1) is 22.8. The van der Waals surface area contributed by atoms with Crippen LogP contribution in [0.2, 0.25) is 0 Å². The molecular weight excluding hydrogens is 398 g/mol. The predicted molar refractivity (Wildman–Crippen MR) is 116 cm³/mol. The second kappa shape index (κ2) is 9.07. The van der Waals surface area contributed by atoms with Crippen molar-refractivity contribution in [3.8, 4) is 0 Å². The first-order chi connectivity index (χ1) is 14.6. The zero-order valence-corrected chi connectivity index (χ0v) is 18.9. The molecule has 2 amide bonds. The normalized spacial score (nSPS) is 16.7. The van der Waals surface area contributed by atoms with Crippen LogP contribution in [0, 0.1) is 0 Å². The molecule has 2 heterocycles. The first-order valence-corrected chi connectivity index (χ1v) is 10.2. The maximum absolute atomic E-state index is 13.2. The van der Waals surface area contributed by atoms with Crippen molar-refractivity contribution in [2.45, 2.75) is 45.1 Å². The largest absolute Gasteiger partial charge is 0.440 e. The van der Waals surface area contributed by atoms with Gasteiger partial charge in [0.15, 0.2) is 5.82 Å². The van der Waals surface area contributed by atoms with Crippen LogP contribution in [0.5, 0.6) is 0 Å². The number of nitrogens with zero attached hydrogens (tertiary/aromatic N) is 3. The Hall–Kier alpha value is -2.91. The third-order valence-electron chi connectivity index (χ3n) is 5.60. The van der Waals surface area contributed by atoms with Crippen molar-refractivity contribution in [3.05, 3.63) is 47.2 Å². The van der Waals surface area contributed by atoms with Crippen LogP contribution in [0.15, 0.2) is 30.3 Å². The summed E-state index contributed by atoms with van der Waals surface area (Å²) in [5.41, 5.74) is 1.80. The van der Waals surface area contributed by atoms with Gasteiger partial charge in [0.05, 0.1) is 17.8 Å². The van der Waals surface area contributed by atoms with Crippen LogP contribution in [-0.4, -0.2) is 65.9 Å². The molecule has 1 aliphatic heterocycles. The highest BCUT2D eigenvalue weighted by atomic mass is 16.6.